The fourth-order valence-corrected chi connectivity index (χ4v) is 4.17. The summed E-state index contributed by atoms with van der Waals surface area (Å²) in [5.74, 6) is -0.208. The minimum absolute atomic E-state index is 0.0720. The van der Waals surface area contributed by atoms with E-state index in [0.717, 1.165) is 49.0 Å². The molecule has 0 unspecified atom stereocenters. The second kappa shape index (κ2) is 6.19. The smallest absolute Gasteiger partial charge is 0.123 e. The Bertz CT molecular complexity index is 748. The normalized spacial score (nSPS) is 26.5. The zero-order valence-electron chi connectivity index (χ0n) is 13.7. The third kappa shape index (κ3) is 2.60. The van der Waals surface area contributed by atoms with Crippen LogP contribution >= 0.6 is 0 Å². The summed E-state index contributed by atoms with van der Waals surface area (Å²) in [7, 11) is 0. The first kappa shape index (κ1) is 15.6. The number of fused-ring (bicyclic) bond motifs is 2. The molecule has 0 radical (unpaired) electrons. The van der Waals surface area contributed by atoms with Gasteiger partial charge in [-0.05, 0) is 67.5 Å². The van der Waals surface area contributed by atoms with E-state index in [2.05, 4.69) is 17.0 Å². The van der Waals surface area contributed by atoms with E-state index in [1.807, 2.05) is 18.2 Å². The highest BCUT2D eigenvalue weighted by atomic mass is 19.1. The van der Waals surface area contributed by atoms with Gasteiger partial charge in [-0.15, -0.1) is 0 Å². The molecule has 0 spiro atoms. The van der Waals surface area contributed by atoms with Crippen molar-refractivity contribution in [3.8, 4) is 0 Å². The van der Waals surface area contributed by atoms with Crippen LogP contribution in [0.5, 0.6) is 0 Å². The number of halogens is 1. The molecule has 2 aliphatic rings. The van der Waals surface area contributed by atoms with Crippen molar-refractivity contribution in [2.24, 2.45) is 5.73 Å². The van der Waals surface area contributed by atoms with Crippen molar-refractivity contribution in [1.82, 2.24) is 0 Å². The molecular weight excluding hydrogens is 303 g/mol. The van der Waals surface area contributed by atoms with Crippen LogP contribution in [0.4, 0.5) is 15.8 Å². The van der Waals surface area contributed by atoms with E-state index in [-0.39, 0.29) is 17.9 Å². The van der Waals surface area contributed by atoms with Crippen LogP contribution in [-0.2, 0) is 12.8 Å². The molecule has 4 heteroatoms. The summed E-state index contributed by atoms with van der Waals surface area (Å²) in [6.45, 7) is 0. The largest absolute Gasteiger partial charge is 0.389 e. The molecule has 1 heterocycles. The van der Waals surface area contributed by atoms with Crippen molar-refractivity contribution in [2.45, 2.75) is 50.3 Å². The Hall–Kier alpha value is -1.91. The summed E-state index contributed by atoms with van der Waals surface area (Å²) >= 11 is 0. The average molecular weight is 326 g/mol. The van der Waals surface area contributed by atoms with E-state index in [4.69, 9.17) is 5.73 Å². The number of aliphatic hydroxyl groups excluding tert-OH is 1. The monoisotopic (exact) mass is 326 g/mol. The van der Waals surface area contributed by atoms with Gasteiger partial charge in [0.1, 0.15) is 5.82 Å². The van der Waals surface area contributed by atoms with E-state index in [0.29, 0.717) is 0 Å². The van der Waals surface area contributed by atoms with Crippen molar-refractivity contribution >= 4 is 11.4 Å². The Kier molecular flexibility index (Phi) is 4.02. The molecule has 1 aliphatic carbocycles. The van der Waals surface area contributed by atoms with Gasteiger partial charge in [0, 0.05) is 17.4 Å². The SMILES string of the molecule is N[C@H]1CCC[C@@H](N2c3ccccc3CCc3cc(F)ccc32)[C@@H]1O. The summed E-state index contributed by atoms with van der Waals surface area (Å²) in [6.07, 6.45) is 3.83. The van der Waals surface area contributed by atoms with Crippen LogP contribution in [0.2, 0.25) is 0 Å². The number of aryl methyl sites for hydroxylation is 2. The second-order valence-electron chi connectivity index (χ2n) is 6.92. The van der Waals surface area contributed by atoms with E-state index in [1.165, 1.54) is 11.6 Å². The van der Waals surface area contributed by atoms with Crippen LogP contribution in [0.3, 0.4) is 0 Å². The lowest BCUT2D eigenvalue weighted by Gasteiger charge is -2.42. The highest BCUT2D eigenvalue weighted by molar-refractivity contribution is 5.72. The van der Waals surface area contributed by atoms with Crippen molar-refractivity contribution in [3.05, 3.63) is 59.4 Å². The fraction of sp³-hybridized carbons (Fsp3) is 0.400. The number of nitrogens with two attached hydrogens (primary N) is 1. The molecule has 0 saturated heterocycles. The summed E-state index contributed by atoms with van der Waals surface area (Å²) in [6, 6.07) is 13.0. The minimum atomic E-state index is -0.581. The van der Waals surface area contributed by atoms with Crippen molar-refractivity contribution < 1.29 is 9.50 Å². The van der Waals surface area contributed by atoms with Gasteiger partial charge >= 0.3 is 0 Å². The number of rotatable bonds is 1. The Balaban J connectivity index is 1.87. The van der Waals surface area contributed by atoms with Gasteiger partial charge in [0.25, 0.3) is 0 Å². The molecular formula is C20H23FN2O. The molecule has 3 nitrogen and oxygen atoms in total. The molecule has 1 aliphatic heterocycles. The quantitative estimate of drug-likeness (QED) is 0.845. The number of benzene rings is 2. The van der Waals surface area contributed by atoms with E-state index in [1.54, 1.807) is 6.07 Å². The van der Waals surface area contributed by atoms with Gasteiger partial charge in [0.2, 0.25) is 0 Å². The molecule has 1 fully saturated rings. The molecule has 0 amide bonds. The molecule has 2 aromatic carbocycles. The average Bonchev–Trinajstić information content (AvgIpc) is 2.74. The predicted molar refractivity (Wildman–Crippen MR) is 94.0 cm³/mol. The highest BCUT2D eigenvalue weighted by Crippen LogP contribution is 2.40. The zero-order chi connectivity index (χ0) is 16.7. The first-order chi connectivity index (χ1) is 11.6. The predicted octanol–water partition coefficient (Wildman–Crippen LogP) is 3.30. The molecule has 2 aromatic rings. The van der Waals surface area contributed by atoms with E-state index < -0.39 is 6.10 Å². The minimum Gasteiger partial charge on any atom is -0.389 e. The Morgan fingerprint density at radius 3 is 2.62 bits per heavy atom. The molecule has 24 heavy (non-hydrogen) atoms. The van der Waals surface area contributed by atoms with Gasteiger partial charge in [-0.2, -0.15) is 0 Å². The zero-order valence-corrected chi connectivity index (χ0v) is 13.7. The lowest BCUT2D eigenvalue weighted by Crippen LogP contribution is -2.53. The van der Waals surface area contributed by atoms with Crippen molar-refractivity contribution in [2.75, 3.05) is 4.90 Å². The number of para-hydroxylation sites is 1. The van der Waals surface area contributed by atoms with Crippen LogP contribution in [0.25, 0.3) is 0 Å². The molecule has 4 rings (SSSR count). The second-order valence-corrected chi connectivity index (χ2v) is 6.92. The van der Waals surface area contributed by atoms with Crippen LogP contribution in [0.1, 0.15) is 30.4 Å². The van der Waals surface area contributed by atoms with Gasteiger partial charge in [-0.25, -0.2) is 4.39 Å². The van der Waals surface area contributed by atoms with Crippen LogP contribution in [-0.4, -0.2) is 23.3 Å². The standard InChI is InChI=1S/C20H23FN2O/c21-15-10-11-18-14(12-15)9-8-13-4-1-2-6-17(13)23(18)19-7-3-5-16(22)20(19)24/h1-2,4,6,10-12,16,19-20,24H,3,5,7-9,22H2/t16-,19+,20+/m0/s1. The number of aliphatic hydroxyl groups is 1. The highest BCUT2D eigenvalue weighted by Gasteiger charge is 2.36. The first-order valence-corrected chi connectivity index (χ1v) is 8.74. The van der Waals surface area contributed by atoms with E-state index in [9.17, 15) is 9.50 Å². The third-order valence-electron chi connectivity index (χ3n) is 5.42. The summed E-state index contributed by atoms with van der Waals surface area (Å²) in [5.41, 5.74) is 10.5. The molecule has 0 aromatic heterocycles. The number of nitrogens with zero attached hydrogens (tertiary/aromatic N) is 1. The number of hydrogen-bond donors (Lipinski definition) is 2. The van der Waals surface area contributed by atoms with Gasteiger partial charge < -0.3 is 15.7 Å². The number of anilines is 2. The van der Waals surface area contributed by atoms with Crippen LogP contribution in [0.15, 0.2) is 42.5 Å². The maximum atomic E-state index is 13.8. The molecule has 3 N–H and O–H groups in total. The summed E-state index contributed by atoms with van der Waals surface area (Å²) in [5, 5.41) is 10.7. The molecule has 126 valence electrons. The maximum absolute atomic E-state index is 13.8. The summed E-state index contributed by atoms with van der Waals surface area (Å²) < 4.78 is 13.8. The van der Waals surface area contributed by atoms with Gasteiger partial charge in [0.05, 0.1) is 12.1 Å². The Morgan fingerprint density at radius 1 is 1.00 bits per heavy atom. The van der Waals surface area contributed by atoms with E-state index >= 15 is 0 Å². The van der Waals surface area contributed by atoms with Gasteiger partial charge in [0.15, 0.2) is 0 Å². The topological polar surface area (TPSA) is 49.5 Å². The van der Waals surface area contributed by atoms with Crippen molar-refractivity contribution in [1.29, 1.82) is 0 Å². The molecule has 1 saturated carbocycles. The molecule has 0 bridgehead atoms. The fourth-order valence-electron chi connectivity index (χ4n) is 4.17. The number of hydrogen-bond acceptors (Lipinski definition) is 3. The Labute approximate surface area is 141 Å². The van der Waals surface area contributed by atoms with Crippen LogP contribution in [0, 0.1) is 5.82 Å². The lowest BCUT2D eigenvalue weighted by atomic mass is 9.86. The van der Waals surface area contributed by atoms with Gasteiger partial charge in [-0.1, -0.05) is 18.2 Å². The van der Waals surface area contributed by atoms with Crippen molar-refractivity contribution in [3.63, 3.8) is 0 Å². The third-order valence-corrected chi connectivity index (χ3v) is 5.42. The molecule has 3 atom stereocenters. The lowest BCUT2D eigenvalue weighted by molar-refractivity contribution is 0.0878. The Morgan fingerprint density at radius 2 is 1.75 bits per heavy atom. The summed E-state index contributed by atoms with van der Waals surface area (Å²) in [4.78, 5) is 2.21. The van der Waals surface area contributed by atoms with Gasteiger partial charge in [-0.3, -0.25) is 0 Å². The maximum Gasteiger partial charge on any atom is 0.123 e. The van der Waals surface area contributed by atoms with Crippen LogP contribution < -0.4 is 10.6 Å². The first-order valence-electron chi connectivity index (χ1n) is 8.74.